The third-order valence-electron chi connectivity index (χ3n) is 4.29. The zero-order valence-corrected chi connectivity index (χ0v) is 14.2. The molecule has 0 fully saturated rings. The quantitative estimate of drug-likeness (QED) is 0.794. The molecule has 2 rings (SSSR count). The third-order valence-corrected chi connectivity index (χ3v) is 6.29. The highest BCUT2D eigenvalue weighted by atomic mass is 32.2. The van der Waals surface area contributed by atoms with Crippen LogP contribution in [0.4, 0.5) is 0 Å². The van der Waals surface area contributed by atoms with Crippen molar-refractivity contribution in [3.63, 3.8) is 0 Å². The minimum atomic E-state index is -3.55. The van der Waals surface area contributed by atoms with Crippen LogP contribution in [0.2, 0.25) is 0 Å². The van der Waals surface area contributed by atoms with Crippen LogP contribution in [0.15, 0.2) is 24.3 Å². The molecule has 0 spiro atoms. The zero-order chi connectivity index (χ0) is 16.2. The smallest absolute Gasteiger partial charge is 0.282 e. The lowest BCUT2D eigenvalue weighted by molar-refractivity contribution is 0.216. The monoisotopic (exact) mass is 326 g/mol. The maximum atomic E-state index is 12.9. The Hall–Kier alpha value is -0.950. The van der Waals surface area contributed by atoms with E-state index in [4.69, 9.17) is 0 Å². The lowest BCUT2D eigenvalue weighted by atomic mass is 10.1. The van der Waals surface area contributed by atoms with Gasteiger partial charge in [0.1, 0.15) is 0 Å². The number of nitrogens with zero attached hydrogens (tertiary/aromatic N) is 2. The predicted octanol–water partition coefficient (Wildman–Crippen LogP) is 1.94. The van der Waals surface area contributed by atoms with Crippen LogP contribution >= 0.6 is 0 Å². The first-order valence-corrected chi connectivity index (χ1v) is 9.33. The number of aliphatic hydroxyl groups is 1. The van der Waals surface area contributed by atoms with E-state index in [0.29, 0.717) is 6.54 Å². The molecule has 124 valence electrons. The molecule has 22 heavy (non-hydrogen) atoms. The summed E-state index contributed by atoms with van der Waals surface area (Å²) in [6.07, 6.45) is 3.45. The molecule has 0 saturated heterocycles. The number of aryl methyl sites for hydroxylation is 1. The van der Waals surface area contributed by atoms with Crippen molar-refractivity contribution in [3.05, 3.63) is 35.4 Å². The maximum Gasteiger partial charge on any atom is 0.282 e. The Labute approximate surface area is 133 Å². The minimum absolute atomic E-state index is 0.137. The summed E-state index contributed by atoms with van der Waals surface area (Å²) in [6.45, 7) is 2.52. The van der Waals surface area contributed by atoms with Crippen molar-refractivity contribution in [1.29, 1.82) is 0 Å². The largest absolute Gasteiger partial charge is 0.395 e. The van der Waals surface area contributed by atoms with Crippen LogP contribution in [0.5, 0.6) is 0 Å². The second kappa shape index (κ2) is 7.55. The highest BCUT2D eigenvalue weighted by Gasteiger charge is 2.36. The Kier molecular flexibility index (Phi) is 5.97. The summed E-state index contributed by atoms with van der Waals surface area (Å²) in [4.78, 5) is 0. The van der Waals surface area contributed by atoms with E-state index < -0.39 is 10.2 Å². The maximum absolute atomic E-state index is 12.9. The molecule has 0 aliphatic heterocycles. The van der Waals surface area contributed by atoms with Crippen molar-refractivity contribution in [2.75, 3.05) is 26.7 Å². The first-order valence-electron chi connectivity index (χ1n) is 7.94. The van der Waals surface area contributed by atoms with E-state index >= 15 is 0 Å². The van der Waals surface area contributed by atoms with E-state index in [1.54, 1.807) is 7.05 Å². The molecule has 1 atom stereocenters. The zero-order valence-electron chi connectivity index (χ0n) is 13.4. The summed E-state index contributed by atoms with van der Waals surface area (Å²) in [5.74, 6) is 0. The second-order valence-corrected chi connectivity index (χ2v) is 7.76. The van der Waals surface area contributed by atoms with Crippen LogP contribution in [-0.2, 0) is 16.6 Å². The van der Waals surface area contributed by atoms with Gasteiger partial charge >= 0.3 is 0 Å². The fourth-order valence-electron chi connectivity index (χ4n) is 3.04. The molecule has 0 amide bonds. The molecule has 1 unspecified atom stereocenters. The van der Waals surface area contributed by atoms with Crippen molar-refractivity contribution < 1.29 is 13.5 Å². The van der Waals surface area contributed by atoms with E-state index in [0.717, 1.165) is 31.2 Å². The average molecular weight is 326 g/mol. The fraction of sp³-hybridized carbons (Fsp3) is 0.625. The number of aliphatic hydroxyl groups excluding tert-OH is 1. The van der Waals surface area contributed by atoms with Gasteiger partial charge in [0.2, 0.25) is 0 Å². The van der Waals surface area contributed by atoms with E-state index in [2.05, 4.69) is 6.07 Å². The first kappa shape index (κ1) is 17.4. The number of fused-ring (bicyclic) bond motifs is 1. The van der Waals surface area contributed by atoms with Crippen molar-refractivity contribution in [1.82, 2.24) is 8.61 Å². The SMILES string of the molecule is CCCCN(C)S(=O)(=O)N(CCO)C1CCc2ccccc21. The standard InChI is InChI=1S/C16H26N2O3S/c1-3-4-11-17(2)22(20,21)18(12-13-19)16-10-9-14-7-5-6-8-15(14)16/h5-8,16,19H,3-4,9-13H2,1-2H3. The fourth-order valence-corrected chi connectivity index (χ4v) is 4.61. The van der Waals surface area contributed by atoms with Gasteiger partial charge in [-0.15, -0.1) is 0 Å². The van der Waals surface area contributed by atoms with Gasteiger partial charge in [-0.3, -0.25) is 0 Å². The Morgan fingerprint density at radius 3 is 2.68 bits per heavy atom. The van der Waals surface area contributed by atoms with Gasteiger partial charge in [-0.05, 0) is 30.4 Å². The van der Waals surface area contributed by atoms with Gasteiger partial charge in [-0.25, -0.2) is 0 Å². The number of unbranched alkanes of at least 4 members (excludes halogenated alkanes) is 1. The molecule has 0 radical (unpaired) electrons. The van der Waals surface area contributed by atoms with Gasteiger partial charge in [-0.2, -0.15) is 17.0 Å². The Balaban J connectivity index is 2.27. The Bertz CT molecular complexity index is 589. The molecule has 1 N–H and O–H groups in total. The molecule has 0 aromatic heterocycles. The minimum Gasteiger partial charge on any atom is -0.395 e. The number of benzene rings is 1. The van der Waals surface area contributed by atoms with Crippen LogP contribution in [0.3, 0.4) is 0 Å². The summed E-state index contributed by atoms with van der Waals surface area (Å²) >= 11 is 0. The van der Waals surface area contributed by atoms with Gasteiger partial charge < -0.3 is 5.11 Å². The predicted molar refractivity (Wildman–Crippen MR) is 87.8 cm³/mol. The average Bonchev–Trinajstić information content (AvgIpc) is 2.93. The molecule has 0 saturated carbocycles. The van der Waals surface area contributed by atoms with Gasteiger partial charge in [0.15, 0.2) is 0 Å². The van der Waals surface area contributed by atoms with Gasteiger partial charge in [0, 0.05) is 20.1 Å². The van der Waals surface area contributed by atoms with Gasteiger partial charge in [0.05, 0.1) is 12.6 Å². The summed E-state index contributed by atoms with van der Waals surface area (Å²) in [6, 6.07) is 7.82. The summed E-state index contributed by atoms with van der Waals surface area (Å²) in [5, 5.41) is 9.34. The lowest BCUT2D eigenvalue weighted by Gasteiger charge is -2.32. The Morgan fingerprint density at radius 2 is 2.00 bits per heavy atom. The van der Waals surface area contributed by atoms with Crippen molar-refractivity contribution in [3.8, 4) is 0 Å². The topological polar surface area (TPSA) is 60.9 Å². The molecular weight excluding hydrogens is 300 g/mol. The highest BCUT2D eigenvalue weighted by molar-refractivity contribution is 7.86. The Morgan fingerprint density at radius 1 is 1.27 bits per heavy atom. The van der Waals surface area contributed by atoms with Crippen molar-refractivity contribution in [2.24, 2.45) is 0 Å². The summed E-state index contributed by atoms with van der Waals surface area (Å²) < 4.78 is 28.6. The van der Waals surface area contributed by atoms with Crippen LogP contribution in [-0.4, -0.2) is 48.9 Å². The van der Waals surface area contributed by atoms with E-state index in [1.807, 2.05) is 25.1 Å². The molecule has 5 nitrogen and oxygen atoms in total. The lowest BCUT2D eigenvalue weighted by Crippen LogP contribution is -2.45. The third kappa shape index (κ3) is 3.51. The summed E-state index contributed by atoms with van der Waals surface area (Å²) in [7, 11) is -1.93. The van der Waals surface area contributed by atoms with Crippen molar-refractivity contribution in [2.45, 2.75) is 38.6 Å². The molecule has 0 heterocycles. The van der Waals surface area contributed by atoms with Crippen LogP contribution < -0.4 is 0 Å². The van der Waals surface area contributed by atoms with Crippen LogP contribution in [0.1, 0.15) is 43.4 Å². The van der Waals surface area contributed by atoms with E-state index in [9.17, 15) is 13.5 Å². The molecule has 1 aliphatic rings. The number of rotatable bonds is 8. The number of hydrogen-bond acceptors (Lipinski definition) is 3. The van der Waals surface area contributed by atoms with E-state index in [1.165, 1.54) is 14.2 Å². The summed E-state index contributed by atoms with van der Waals surface area (Å²) in [5.41, 5.74) is 2.28. The molecule has 1 aromatic carbocycles. The van der Waals surface area contributed by atoms with Crippen molar-refractivity contribution >= 4 is 10.2 Å². The van der Waals surface area contributed by atoms with Gasteiger partial charge in [-0.1, -0.05) is 37.6 Å². The molecule has 1 aliphatic carbocycles. The molecular formula is C16H26N2O3S. The molecule has 6 heteroatoms. The van der Waals surface area contributed by atoms with E-state index in [-0.39, 0.29) is 19.2 Å². The van der Waals surface area contributed by atoms with Crippen LogP contribution in [0, 0.1) is 0 Å². The second-order valence-electron chi connectivity index (χ2n) is 5.77. The normalized spacial score (nSPS) is 18.1. The van der Waals surface area contributed by atoms with Gasteiger partial charge in [0.25, 0.3) is 10.2 Å². The number of hydrogen-bond donors (Lipinski definition) is 1. The molecule has 1 aromatic rings. The molecule has 0 bridgehead atoms. The highest BCUT2D eigenvalue weighted by Crippen LogP contribution is 2.37. The van der Waals surface area contributed by atoms with Crippen LogP contribution in [0.25, 0.3) is 0 Å². The first-order chi connectivity index (χ1) is 10.5.